The van der Waals surface area contributed by atoms with Gasteiger partial charge in [-0.05, 0) is 31.9 Å². The number of sulfonamides is 1. The van der Waals surface area contributed by atoms with Crippen molar-refractivity contribution >= 4 is 10.0 Å². The first-order valence-electron chi connectivity index (χ1n) is 11.3. The van der Waals surface area contributed by atoms with Crippen molar-refractivity contribution in [1.82, 2.24) is 4.31 Å². The number of rotatable bonds is 10. The maximum atomic E-state index is 13.0. The van der Waals surface area contributed by atoms with E-state index in [0.29, 0.717) is 18.0 Å². The van der Waals surface area contributed by atoms with Crippen LogP contribution >= 0.6 is 0 Å². The van der Waals surface area contributed by atoms with Crippen LogP contribution in [-0.4, -0.2) is 38.0 Å². The third kappa shape index (κ3) is 5.71. The monoisotopic (exact) mass is 419 g/mol. The van der Waals surface area contributed by atoms with Gasteiger partial charge < -0.3 is 4.74 Å². The highest BCUT2D eigenvalue weighted by Crippen LogP contribution is 2.38. The van der Waals surface area contributed by atoms with Crippen molar-refractivity contribution in [3.05, 3.63) is 42.0 Å². The molecule has 0 aliphatic carbocycles. The zero-order chi connectivity index (χ0) is 20.9. The normalized spacial score (nSPS) is 25.3. The van der Waals surface area contributed by atoms with Gasteiger partial charge in [0.05, 0.1) is 17.1 Å². The summed E-state index contributed by atoms with van der Waals surface area (Å²) in [5, 5.41) is 0. The molecular weight excluding hydrogens is 382 g/mol. The molecule has 0 saturated carbocycles. The molecule has 29 heavy (non-hydrogen) atoms. The number of hydrogen-bond donors (Lipinski definition) is 0. The standard InChI is InChI=1S/C24H37NO3S/c1-4-5-6-7-8-9-10-11-21-16-20(3)23-17-25(18-24(23)28-21)29(26,27)22-14-12-19(2)13-15-22/h12-15,21,23-24H,3-11,16-18H2,1-2H3. The quantitative estimate of drug-likeness (QED) is 0.373. The van der Waals surface area contributed by atoms with Crippen molar-refractivity contribution in [2.24, 2.45) is 5.92 Å². The van der Waals surface area contributed by atoms with Gasteiger partial charge in [0.2, 0.25) is 10.0 Å². The summed E-state index contributed by atoms with van der Waals surface area (Å²) in [6, 6.07) is 7.10. The molecule has 162 valence electrons. The van der Waals surface area contributed by atoms with Crippen molar-refractivity contribution in [2.75, 3.05) is 13.1 Å². The second-order valence-electron chi connectivity index (χ2n) is 8.81. The summed E-state index contributed by atoms with van der Waals surface area (Å²) in [6.07, 6.45) is 11.1. The molecule has 2 aliphatic heterocycles. The minimum absolute atomic E-state index is 0.0500. The van der Waals surface area contributed by atoms with Gasteiger partial charge in [0.1, 0.15) is 0 Å². The SMILES string of the molecule is C=C1CC(CCCCCCCCC)OC2CN(S(=O)(=O)c3ccc(C)cc3)CC12. The lowest BCUT2D eigenvalue weighted by Gasteiger charge is -2.33. The van der Waals surface area contributed by atoms with Crippen LogP contribution in [0.25, 0.3) is 0 Å². The molecule has 2 saturated heterocycles. The lowest BCUT2D eigenvalue weighted by molar-refractivity contribution is -0.0447. The van der Waals surface area contributed by atoms with E-state index in [1.807, 2.05) is 19.1 Å². The van der Waals surface area contributed by atoms with Gasteiger partial charge in [-0.3, -0.25) is 0 Å². The molecule has 0 spiro atoms. The van der Waals surface area contributed by atoms with Crippen molar-refractivity contribution < 1.29 is 13.2 Å². The van der Waals surface area contributed by atoms with Gasteiger partial charge in [-0.2, -0.15) is 4.31 Å². The van der Waals surface area contributed by atoms with E-state index in [-0.39, 0.29) is 18.1 Å². The summed E-state index contributed by atoms with van der Waals surface area (Å²) in [4.78, 5) is 0.368. The van der Waals surface area contributed by atoms with E-state index in [2.05, 4.69) is 13.5 Å². The second kappa shape index (κ2) is 10.2. The average molecular weight is 420 g/mol. The number of fused-ring (bicyclic) bond motifs is 1. The smallest absolute Gasteiger partial charge is 0.243 e. The number of nitrogens with zero attached hydrogens (tertiary/aromatic N) is 1. The molecule has 0 bridgehead atoms. The molecule has 2 fully saturated rings. The van der Waals surface area contributed by atoms with Crippen LogP contribution in [0.2, 0.25) is 0 Å². The van der Waals surface area contributed by atoms with E-state index in [0.717, 1.165) is 24.0 Å². The van der Waals surface area contributed by atoms with Gasteiger partial charge in [0.25, 0.3) is 0 Å². The third-order valence-corrected chi connectivity index (χ3v) is 8.25. The molecule has 3 rings (SSSR count). The molecular formula is C24H37NO3S. The largest absolute Gasteiger partial charge is 0.373 e. The Morgan fingerprint density at radius 3 is 2.38 bits per heavy atom. The molecule has 0 N–H and O–H groups in total. The Morgan fingerprint density at radius 1 is 1.03 bits per heavy atom. The minimum atomic E-state index is -3.47. The highest BCUT2D eigenvalue weighted by atomic mass is 32.2. The van der Waals surface area contributed by atoms with E-state index in [1.165, 1.54) is 44.9 Å². The predicted octanol–water partition coefficient (Wildman–Crippen LogP) is 5.47. The first-order valence-corrected chi connectivity index (χ1v) is 12.8. The minimum Gasteiger partial charge on any atom is -0.373 e. The molecule has 5 heteroatoms. The van der Waals surface area contributed by atoms with Gasteiger partial charge in [0, 0.05) is 19.0 Å². The molecule has 4 nitrogen and oxygen atoms in total. The summed E-state index contributed by atoms with van der Waals surface area (Å²) < 4.78 is 34.0. The molecule has 3 unspecified atom stereocenters. The van der Waals surface area contributed by atoms with E-state index in [4.69, 9.17) is 4.74 Å². The highest BCUT2D eigenvalue weighted by molar-refractivity contribution is 7.89. The molecule has 1 aromatic rings. The highest BCUT2D eigenvalue weighted by Gasteiger charge is 2.44. The zero-order valence-electron chi connectivity index (χ0n) is 18.1. The Hall–Kier alpha value is -1.17. The molecule has 0 amide bonds. The van der Waals surface area contributed by atoms with Crippen LogP contribution in [0.15, 0.2) is 41.3 Å². The Balaban J connectivity index is 1.51. The summed E-state index contributed by atoms with van der Waals surface area (Å²) in [5.41, 5.74) is 2.22. The van der Waals surface area contributed by atoms with Gasteiger partial charge in [0.15, 0.2) is 0 Å². The van der Waals surface area contributed by atoms with E-state index in [1.54, 1.807) is 16.4 Å². The number of ether oxygens (including phenoxy) is 1. The van der Waals surface area contributed by atoms with Crippen LogP contribution in [-0.2, 0) is 14.8 Å². The van der Waals surface area contributed by atoms with E-state index in [9.17, 15) is 8.42 Å². The van der Waals surface area contributed by atoms with E-state index < -0.39 is 10.0 Å². The number of benzene rings is 1. The molecule has 2 heterocycles. The summed E-state index contributed by atoms with van der Waals surface area (Å²) in [7, 11) is -3.47. The van der Waals surface area contributed by atoms with Crippen molar-refractivity contribution in [3.8, 4) is 0 Å². The lowest BCUT2D eigenvalue weighted by Crippen LogP contribution is -2.36. The maximum absolute atomic E-state index is 13.0. The second-order valence-corrected chi connectivity index (χ2v) is 10.7. The first kappa shape index (κ1) is 22.5. The first-order chi connectivity index (χ1) is 13.9. The Labute approximate surface area is 177 Å². The van der Waals surface area contributed by atoms with Gasteiger partial charge in [-0.1, -0.05) is 81.7 Å². The fourth-order valence-corrected chi connectivity index (χ4v) is 6.04. The fraction of sp³-hybridized carbons (Fsp3) is 0.667. The van der Waals surface area contributed by atoms with Crippen molar-refractivity contribution in [3.63, 3.8) is 0 Å². The van der Waals surface area contributed by atoms with Crippen molar-refractivity contribution in [2.45, 2.75) is 88.7 Å². The Kier molecular flexibility index (Phi) is 7.94. The zero-order valence-corrected chi connectivity index (χ0v) is 18.9. The summed E-state index contributed by atoms with van der Waals surface area (Å²) in [6.45, 7) is 9.42. The van der Waals surface area contributed by atoms with Crippen LogP contribution in [0, 0.1) is 12.8 Å². The summed E-state index contributed by atoms with van der Waals surface area (Å²) in [5.74, 6) is 0.125. The lowest BCUT2D eigenvalue weighted by atomic mass is 9.88. The molecule has 0 aromatic heterocycles. The van der Waals surface area contributed by atoms with Crippen molar-refractivity contribution in [1.29, 1.82) is 0 Å². The summed E-state index contributed by atoms with van der Waals surface area (Å²) >= 11 is 0. The van der Waals surface area contributed by atoms with Gasteiger partial charge in [-0.25, -0.2) is 8.42 Å². The Morgan fingerprint density at radius 2 is 1.69 bits per heavy atom. The van der Waals surface area contributed by atoms with E-state index >= 15 is 0 Å². The Bertz CT molecular complexity index is 772. The van der Waals surface area contributed by atoms with Crippen LogP contribution in [0.3, 0.4) is 0 Å². The number of unbranched alkanes of at least 4 members (excludes halogenated alkanes) is 6. The molecule has 0 radical (unpaired) electrons. The molecule has 3 atom stereocenters. The molecule has 2 aliphatic rings. The maximum Gasteiger partial charge on any atom is 0.243 e. The van der Waals surface area contributed by atoms with Gasteiger partial charge >= 0.3 is 0 Å². The van der Waals surface area contributed by atoms with Crippen LogP contribution in [0.1, 0.15) is 70.3 Å². The van der Waals surface area contributed by atoms with Gasteiger partial charge in [-0.15, -0.1) is 0 Å². The number of aryl methyl sites for hydroxylation is 1. The van der Waals surface area contributed by atoms with Crippen LogP contribution in [0.5, 0.6) is 0 Å². The predicted molar refractivity (Wildman–Crippen MR) is 118 cm³/mol. The molecule has 1 aromatic carbocycles. The van der Waals surface area contributed by atoms with Crippen LogP contribution < -0.4 is 0 Å². The number of hydrogen-bond acceptors (Lipinski definition) is 3. The third-order valence-electron chi connectivity index (χ3n) is 6.40. The fourth-order valence-electron chi connectivity index (χ4n) is 4.56. The topological polar surface area (TPSA) is 46.6 Å². The van der Waals surface area contributed by atoms with Crippen LogP contribution in [0.4, 0.5) is 0 Å². The average Bonchev–Trinajstić information content (AvgIpc) is 3.13.